The predicted molar refractivity (Wildman–Crippen MR) is 214 cm³/mol. The van der Waals surface area contributed by atoms with Crippen molar-refractivity contribution in [1.82, 2.24) is 5.32 Å². The van der Waals surface area contributed by atoms with E-state index in [9.17, 15) is 19.2 Å². The van der Waals surface area contributed by atoms with Crippen LogP contribution in [0.3, 0.4) is 0 Å². The maximum Gasteiger partial charge on any atom is 0.341 e. The second-order valence-electron chi connectivity index (χ2n) is 12.7. The number of esters is 1. The van der Waals surface area contributed by atoms with Gasteiger partial charge in [0.05, 0.1) is 18.4 Å². The van der Waals surface area contributed by atoms with Crippen molar-refractivity contribution >= 4 is 69.2 Å². The van der Waals surface area contributed by atoms with Gasteiger partial charge in [-0.3, -0.25) is 14.4 Å². The Bertz CT molecular complexity index is 2130. The van der Waals surface area contributed by atoms with Crippen LogP contribution in [0.15, 0.2) is 120 Å². The Labute approximate surface area is 317 Å². The standard InChI is InChI=1S/C42H40N4O5S2/c1-46(2)32-20-17-27(18-21-32)23-35(44-39(48)29-13-8-5-9-14-29)40(49)43-31-15-10-16-33(25-31)52-26-37(47)45-41-38(42(50)51-3)34-22-19-30(24-36(34)53-41)28-11-6-4-7-12-28/h4-18,20-21,23,25,30H,19,22,24,26H2,1-3H3,(H,43,49)(H,44,48)(H,45,47)/b35-23+. The first-order valence-electron chi connectivity index (χ1n) is 17.2. The molecule has 5 aromatic rings. The van der Waals surface area contributed by atoms with Crippen molar-refractivity contribution < 1.29 is 23.9 Å². The third kappa shape index (κ3) is 9.43. The summed E-state index contributed by atoms with van der Waals surface area (Å²) in [6.07, 6.45) is 4.07. The van der Waals surface area contributed by atoms with Gasteiger partial charge in [-0.25, -0.2) is 4.79 Å². The van der Waals surface area contributed by atoms with Gasteiger partial charge in [0, 0.05) is 40.8 Å². The summed E-state index contributed by atoms with van der Waals surface area (Å²) in [6.45, 7) is 0. The monoisotopic (exact) mass is 744 g/mol. The van der Waals surface area contributed by atoms with Gasteiger partial charge in [-0.1, -0.05) is 66.7 Å². The fourth-order valence-electron chi connectivity index (χ4n) is 6.15. The Kier molecular flexibility index (Phi) is 12.1. The third-order valence-electron chi connectivity index (χ3n) is 8.89. The number of ether oxygens (including phenoxy) is 1. The molecule has 6 rings (SSSR count). The average Bonchev–Trinajstić information content (AvgIpc) is 3.54. The molecule has 0 fully saturated rings. The topological polar surface area (TPSA) is 117 Å². The van der Waals surface area contributed by atoms with E-state index in [0.717, 1.165) is 45.8 Å². The summed E-state index contributed by atoms with van der Waals surface area (Å²) in [6, 6.07) is 33.8. The number of carbonyl (C=O) groups excluding carboxylic acids is 4. The number of thiophene rings is 1. The van der Waals surface area contributed by atoms with Gasteiger partial charge in [0.25, 0.3) is 11.8 Å². The lowest BCUT2D eigenvalue weighted by atomic mass is 9.83. The molecule has 1 aliphatic carbocycles. The number of nitrogens with zero attached hydrogens (tertiary/aromatic N) is 1. The van der Waals surface area contributed by atoms with Gasteiger partial charge in [-0.2, -0.15) is 0 Å². The lowest BCUT2D eigenvalue weighted by molar-refractivity contribution is -0.114. The van der Waals surface area contributed by atoms with E-state index in [-0.39, 0.29) is 17.4 Å². The summed E-state index contributed by atoms with van der Waals surface area (Å²) in [5.74, 6) is -1.20. The van der Waals surface area contributed by atoms with Crippen LogP contribution in [-0.2, 0) is 27.2 Å². The van der Waals surface area contributed by atoms with Crippen LogP contribution < -0.4 is 20.9 Å². The van der Waals surface area contributed by atoms with Crippen molar-refractivity contribution in [3.63, 3.8) is 0 Å². The van der Waals surface area contributed by atoms with Crippen LogP contribution in [-0.4, -0.2) is 50.6 Å². The van der Waals surface area contributed by atoms with Crippen molar-refractivity contribution in [2.75, 3.05) is 42.5 Å². The highest BCUT2D eigenvalue weighted by molar-refractivity contribution is 8.00. The second kappa shape index (κ2) is 17.2. The van der Waals surface area contributed by atoms with Crippen molar-refractivity contribution in [3.05, 3.63) is 148 Å². The summed E-state index contributed by atoms with van der Waals surface area (Å²) in [4.78, 5) is 56.7. The zero-order valence-corrected chi connectivity index (χ0v) is 31.3. The summed E-state index contributed by atoms with van der Waals surface area (Å²) in [7, 11) is 5.24. The largest absolute Gasteiger partial charge is 0.465 e. The molecule has 0 bridgehead atoms. The first-order valence-corrected chi connectivity index (χ1v) is 19.0. The van der Waals surface area contributed by atoms with E-state index in [0.29, 0.717) is 27.7 Å². The maximum absolute atomic E-state index is 13.6. The highest BCUT2D eigenvalue weighted by Crippen LogP contribution is 2.43. The van der Waals surface area contributed by atoms with Gasteiger partial charge in [0.15, 0.2) is 0 Å². The molecule has 1 atom stereocenters. The molecule has 11 heteroatoms. The summed E-state index contributed by atoms with van der Waals surface area (Å²) in [5.41, 5.74) is 5.40. The van der Waals surface area contributed by atoms with Crippen molar-refractivity contribution in [1.29, 1.82) is 0 Å². The lowest BCUT2D eigenvalue weighted by Crippen LogP contribution is -2.30. The van der Waals surface area contributed by atoms with Crippen LogP contribution in [0.1, 0.15) is 54.6 Å². The Morgan fingerprint density at radius 3 is 2.30 bits per heavy atom. The van der Waals surface area contributed by atoms with E-state index in [1.807, 2.05) is 73.6 Å². The van der Waals surface area contributed by atoms with Gasteiger partial charge < -0.3 is 25.6 Å². The number of methoxy groups -OCH3 is 1. The molecular formula is C42H40N4O5S2. The molecule has 0 aliphatic heterocycles. The van der Waals surface area contributed by atoms with Crippen molar-refractivity contribution in [2.24, 2.45) is 0 Å². The molecule has 0 radical (unpaired) electrons. The quantitative estimate of drug-likeness (QED) is 0.0674. The molecule has 1 unspecified atom stereocenters. The molecule has 0 saturated carbocycles. The molecule has 1 aliphatic rings. The third-order valence-corrected chi connectivity index (χ3v) is 11.1. The Hall–Kier alpha value is -5.65. The first-order chi connectivity index (χ1) is 25.7. The number of hydrogen-bond acceptors (Lipinski definition) is 8. The van der Waals surface area contributed by atoms with Crippen LogP contribution in [0.4, 0.5) is 16.4 Å². The number of carbonyl (C=O) groups is 4. The minimum absolute atomic E-state index is 0.0732. The second-order valence-corrected chi connectivity index (χ2v) is 14.9. The van der Waals surface area contributed by atoms with Gasteiger partial charge in [0.1, 0.15) is 10.7 Å². The number of thioether (sulfide) groups is 1. The molecule has 9 nitrogen and oxygen atoms in total. The number of hydrogen-bond donors (Lipinski definition) is 3. The van der Waals surface area contributed by atoms with Gasteiger partial charge in [0.2, 0.25) is 5.91 Å². The number of nitrogens with one attached hydrogen (secondary N) is 3. The average molecular weight is 745 g/mol. The number of fused-ring (bicyclic) bond motifs is 1. The number of amides is 3. The van der Waals surface area contributed by atoms with Gasteiger partial charge in [-0.05, 0) is 90.4 Å². The number of anilines is 3. The van der Waals surface area contributed by atoms with Crippen molar-refractivity contribution in [3.8, 4) is 0 Å². The summed E-state index contributed by atoms with van der Waals surface area (Å²) in [5, 5.41) is 9.15. The van der Waals surface area contributed by atoms with Gasteiger partial charge >= 0.3 is 5.97 Å². The van der Waals surface area contributed by atoms with Crippen LogP contribution in [0.5, 0.6) is 0 Å². The van der Waals surface area contributed by atoms with Crippen LogP contribution in [0.2, 0.25) is 0 Å². The fraction of sp³-hybridized carbons (Fsp3) is 0.190. The van der Waals surface area contributed by atoms with E-state index in [1.54, 1.807) is 48.5 Å². The Balaban J connectivity index is 1.13. The molecule has 3 amide bonds. The van der Waals surface area contributed by atoms with Crippen LogP contribution in [0, 0.1) is 0 Å². The molecule has 4 aromatic carbocycles. The molecule has 270 valence electrons. The van der Waals surface area contributed by atoms with E-state index in [4.69, 9.17) is 4.74 Å². The molecule has 1 heterocycles. The Morgan fingerprint density at radius 1 is 0.887 bits per heavy atom. The molecule has 3 N–H and O–H groups in total. The molecule has 1 aromatic heterocycles. The predicted octanol–water partition coefficient (Wildman–Crippen LogP) is 8.01. The summed E-state index contributed by atoms with van der Waals surface area (Å²) < 4.78 is 5.12. The summed E-state index contributed by atoms with van der Waals surface area (Å²) >= 11 is 2.74. The Morgan fingerprint density at radius 2 is 1.60 bits per heavy atom. The molecule has 53 heavy (non-hydrogen) atoms. The van der Waals surface area contributed by atoms with E-state index >= 15 is 0 Å². The number of benzene rings is 4. The normalized spacial score (nSPS) is 13.7. The van der Waals surface area contributed by atoms with Crippen LogP contribution >= 0.6 is 23.1 Å². The maximum atomic E-state index is 13.6. The van der Waals surface area contributed by atoms with E-state index in [1.165, 1.54) is 35.8 Å². The van der Waals surface area contributed by atoms with Crippen molar-refractivity contribution in [2.45, 2.75) is 30.1 Å². The molecule has 0 spiro atoms. The zero-order chi connectivity index (χ0) is 37.3. The van der Waals surface area contributed by atoms with E-state index in [2.05, 4.69) is 28.1 Å². The molecular weight excluding hydrogens is 705 g/mol. The van der Waals surface area contributed by atoms with Crippen LogP contribution in [0.25, 0.3) is 6.08 Å². The smallest absolute Gasteiger partial charge is 0.341 e. The lowest BCUT2D eigenvalue weighted by Gasteiger charge is -2.22. The minimum Gasteiger partial charge on any atom is -0.465 e. The highest BCUT2D eigenvalue weighted by Gasteiger charge is 2.30. The first kappa shape index (κ1) is 37.1. The minimum atomic E-state index is -0.502. The highest BCUT2D eigenvalue weighted by atomic mass is 32.2. The van der Waals surface area contributed by atoms with E-state index < -0.39 is 17.8 Å². The van der Waals surface area contributed by atoms with Gasteiger partial charge in [-0.15, -0.1) is 23.1 Å². The number of rotatable bonds is 12. The molecule has 0 saturated heterocycles. The fourth-order valence-corrected chi connectivity index (χ4v) is 8.24. The zero-order valence-electron chi connectivity index (χ0n) is 29.7. The SMILES string of the molecule is COC(=O)c1c(NC(=O)CSc2cccc(NC(=O)/C(=C\c3ccc(N(C)C)cc3)NC(=O)c3ccccc3)c2)sc2c1CCC(c1ccccc1)C2.